The number of imide groups is 1. The number of nitrogens with zero attached hydrogens (tertiary/aromatic N) is 4. The van der Waals surface area contributed by atoms with Gasteiger partial charge in [0, 0.05) is 11.6 Å². The molecule has 1 N–H and O–H groups in total. The Morgan fingerprint density at radius 2 is 2.05 bits per heavy atom. The molecule has 0 bridgehead atoms. The summed E-state index contributed by atoms with van der Waals surface area (Å²) in [6.07, 6.45) is 3.01. The van der Waals surface area contributed by atoms with Gasteiger partial charge in [0.25, 0.3) is 11.8 Å². The van der Waals surface area contributed by atoms with E-state index in [-0.39, 0.29) is 11.4 Å². The van der Waals surface area contributed by atoms with E-state index in [2.05, 4.69) is 15.4 Å². The van der Waals surface area contributed by atoms with Gasteiger partial charge in [0.15, 0.2) is 5.82 Å². The van der Waals surface area contributed by atoms with E-state index in [4.69, 9.17) is 0 Å². The predicted molar refractivity (Wildman–Crippen MR) is 72.5 cm³/mol. The Bertz CT molecular complexity index is 677. The minimum Gasteiger partial charge on any atom is -0.270 e. The molecule has 0 saturated heterocycles. The Kier molecular flexibility index (Phi) is 3.72. The summed E-state index contributed by atoms with van der Waals surface area (Å²) in [6, 6.07) is 1.98. The number of anilines is 1. The molecule has 1 aliphatic heterocycles. The topological polar surface area (TPSA) is 99.0 Å². The lowest BCUT2D eigenvalue weighted by Gasteiger charge is -2.17. The van der Waals surface area contributed by atoms with Gasteiger partial charge in [-0.25, -0.2) is 9.97 Å². The first-order valence-electron chi connectivity index (χ1n) is 5.64. The molecule has 1 aromatic heterocycles. The van der Waals surface area contributed by atoms with Gasteiger partial charge >= 0.3 is 0 Å². The molecule has 0 fully saturated rings. The molecule has 0 aromatic carbocycles. The number of carbonyl (C=O) groups is 2. The molecular weight excluding hydrogens is 278 g/mol. The van der Waals surface area contributed by atoms with Crippen molar-refractivity contribution < 1.29 is 9.59 Å². The first-order chi connectivity index (χ1) is 9.47. The van der Waals surface area contributed by atoms with Crippen LogP contribution in [0.15, 0.2) is 16.7 Å². The summed E-state index contributed by atoms with van der Waals surface area (Å²) < 4.78 is 0. The van der Waals surface area contributed by atoms with E-state index in [1.54, 1.807) is 20.1 Å². The van der Waals surface area contributed by atoms with Crippen LogP contribution < -0.4 is 5.43 Å². The first kappa shape index (κ1) is 14.0. The molecular formula is C12H11N5O2S. The van der Waals surface area contributed by atoms with Gasteiger partial charge in [0.2, 0.25) is 0 Å². The molecule has 0 atom stereocenters. The van der Waals surface area contributed by atoms with E-state index in [0.29, 0.717) is 16.4 Å². The molecule has 2 heterocycles. The standard InChI is InChI=1S/C12H11N5O2S/c1-6-4-9(18)17(12(6)19)16-10-8(5-13)11(20-3)15-7(2)14-10/h4H,1-3H3,(H,14,15,16). The molecule has 0 spiro atoms. The largest absolute Gasteiger partial charge is 0.275 e. The number of hydrogen-bond donors (Lipinski definition) is 1. The normalized spacial score (nSPS) is 14.3. The van der Waals surface area contributed by atoms with Gasteiger partial charge in [-0.05, 0) is 20.1 Å². The second-order valence-corrected chi connectivity index (χ2v) is 4.83. The van der Waals surface area contributed by atoms with Gasteiger partial charge in [-0.3, -0.25) is 15.0 Å². The number of aromatic nitrogens is 2. The maximum absolute atomic E-state index is 11.8. The van der Waals surface area contributed by atoms with Crippen molar-refractivity contribution in [3.8, 4) is 6.07 Å². The van der Waals surface area contributed by atoms with Crippen LogP contribution in [0.25, 0.3) is 0 Å². The van der Waals surface area contributed by atoms with Crippen molar-refractivity contribution in [2.75, 3.05) is 11.7 Å². The van der Waals surface area contributed by atoms with Crippen LogP contribution in [-0.2, 0) is 9.59 Å². The lowest BCUT2D eigenvalue weighted by atomic mass is 10.3. The summed E-state index contributed by atoms with van der Waals surface area (Å²) in [5, 5.41) is 10.5. The zero-order chi connectivity index (χ0) is 14.9. The van der Waals surface area contributed by atoms with Gasteiger partial charge in [0.1, 0.15) is 22.5 Å². The second kappa shape index (κ2) is 5.30. The monoisotopic (exact) mass is 289 g/mol. The average Bonchev–Trinajstić information content (AvgIpc) is 2.64. The van der Waals surface area contributed by atoms with Crippen molar-refractivity contribution in [1.82, 2.24) is 15.0 Å². The van der Waals surface area contributed by atoms with E-state index in [9.17, 15) is 14.9 Å². The van der Waals surface area contributed by atoms with Crippen LogP contribution in [0.4, 0.5) is 5.82 Å². The minimum atomic E-state index is -0.488. The quantitative estimate of drug-likeness (QED) is 0.504. The number of amides is 2. The maximum atomic E-state index is 11.8. The third kappa shape index (κ3) is 2.35. The van der Waals surface area contributed by atoms with Crippen molar-refractivity contribution in [3.05, 3.63) is 23.0 Å². The van der Waals surface area contributed by atoms with E-state index in [1.807, 2.05) is 6.07 Å². The van der Waals surface area contributed by atoms with E-state index < -0.39 is 11.8 Å². The summed E-state index contributed by atoms with van der Waals surface area (Å²) in [5.74, 6) is -0.354. The van der Waals surface area contributed by atoms with Gasteiger partial charge in [-0.1, -0.05) is 0 Å². The predicted octanol–water partition coefficient (Wildman–Crippen LogP) is 1.02. The lowest BCUT2D eigenvalue weighted by molar-refractivity contribution is -0.135. The molecule has 7 nitrogen and oxygen atoms in total. The fraction of sp³-hybridized carbons (Fsp3) is 0.250. The van der Waals surface area contributed by atoms with Crippen LogP contribution in [0.3, 0.4) is 0 Å². The van der Waals surface area contributed by atoms with Gasteiger partial charge in [-0.15, -0.1) is 11.8 Å². The molecule has 20 heavy (non-hydrogen) atoms. The van der Waals surface area contributed by atoms with Crippen LogP contribution in [0, 0.1) is 18.3 Å². The summed E-state index contributed by atoms with van der Waals surface area (Å²) in [5.41, 5.74) is 3.13. The highest BCUT2D eigenvalue weighted by molar-refractivity contribution is 7.98. The molecule has 2 amide bonds. The van der Waals surface area contributed by atoms with Crippen molar-refractivity contribution in [2.45, 2.75) is 18.9 Å². The number of aryl methyl sites for hydroxylation is 1. The van der Waals surface area contributed by atoms with Gasteiger partial charge < -0.3 is 0 Å². The molecule has 8 heteroatoms. The number of nitrogens with one attached hydrogen (secondary N) is 1. The average molecular weight is 289 g/mol. The zero-order valence-corrected chi connectivity index (χ0v) is 11.9. The third-order valence-corrected chi connectivity index (χ3v) is 3.29. The molecule has 0 unspecified atom stereocenters. The molecule has 0 radical (unpaired) electrons. The number of hydrogen-bond acceptors (Lipinski definition) is 7. The number of hydrazine groups is 1. The fourth-order valence-electron chi connectivity index (χ4n) is 1.68. The molecule has 1 aliphatic rings. The highest BCUT2D eigenvalue weighted by atomic mass is 32.2. The Morgan fingerprint density at radius 3 is 2.55 bits per heavy atom. The Balaban J connectivity index is 2.40. The Labute approximate surface area is 119 Å². The van der Waals surface area contributed by atoms with Crippen molar-refractivity contribution in [3.63, 3.8) is 0 Å². The van der Waals surface area contributed by atoms with E-state index in [1.165, 1.54) is 17.8 Å². The smallest absolute Gasteiger partial charge is 0.270 e. The molecule has 0 saturated carbocycles. The summed E-state index contributed by atoms with van der Waals surface area (Å²) in [4.78, 5) is 31.7. The molecule has 2 rings (SSSR count). The lowest BCUT2D eigenvalue weighted by Crippen LogP contribution is -2.37. The summed E-state index contributed by atoms with van der Waals surface area (Å²) in [7, 11) is 0. The SMILES string of the molecule is CSc1nc(C)nc(NN2C(=O)C=C(C)C2=O)c1C#N. The van der Waals surface area contributed by atoms with Gasteiger partial charge in [-0.2, -0.15) is 10.3 Å². The second-order valence-electron chi connectivity index (χ2n) is 4.03. The Hall–Kier alpha value is -2.40. The van der Waals surface area contributed by atoms with Crippen molar-refractivity contribution in [2.24, 2.45) is 0 Å². The number of thioether (sulfide) groups is 1. The van der Waals surface area contributed by atoms with Crippen LogP contribution >= 0.6 is 11.8 Å². The Morgan fingerprint density at radius 1 is 1.35 bits per heavy atom. The van der Waals surface area contributed by atoms with E-state index >= 15 is 0 Å². The number of rotatable bonds is 3. The van der Waals surface area contributed by atoms with Crippen LogP contribution in [-0.4, -0.2) is 33.0 Å². The van der Waals surface area contributed by atoms with Crippen LogP contribution in [0.2, 0.25) is 0 Å². The highest BCUT2D eigenvalue weighted by Gasteiger charge is 2.30. The first-order valence-corrected chi connectivity index (χ1v) is 6.86. The third-order valence-electron chi connectivity index (χ3n) is 2.61. The van der Waals surface area contributed by atoms with Crippen molar-refractivity contribution >= 4 is 29.4 Å². The van der Waals surface area contributed by atoms with Crippen LogP contribution in [0.5, 0.6) is 0 Å². The summed E-state index contributed by atoms with van der Waals surface area (Å²) >= 11 is 1.29. The zero-order valence-electron chi connectivity index (χ0n) is 11.1. The number of carbonyl (C=O) groups excluding carboxylic acids is 2. The molecule has 1 aromatic rings. The van der Waals surface area contributed by atoms with Crippen LogP contribution in [0.1, 0.15) is 18.3 Å². The maximum Gasteiger partial charge on any atom is 0.275 e. The molecule has 102 valence electrons. The van der Waals surface area contributed by atoms with Crippen molar-refractivity contribution in [1.29, 1.82) is 5.26 Å². The van der Waals surface area contributed by atoms with E-state index in [0.717, 1.165) is 5.01 Å². The number of nitriles is 1. The van der Waals surface area contributed by atoms with Gasteiger partial charge in [0.05, 0.1) is 0 Å². The molecule has 0 aliphatic carbocycles. The highest BCUT2D eigenvalue weighted by Crippen LogP contribution is 2.24. The minimum absolute atomic E-state index is 0.147. The summed E-state index contributed by atoms with van der Waals surface area (Å²) in [6.45, 7) is 3.22. The fourth-order valence-corrected chi connectivity index (χ4v) is 2.25.